The second-order valence-electron chi connectivity index (χ2n) is 8.01. The number of guanidine groups is 1. The molecule has 1 unspecified atom stereocenters. The lowest BCUT2D eigenvalue weighted by Crippen LogP contribution is -2.49. The number of hydrogen-bond donors (Lipinski definition) is 3. The molecule has 7 nitrogen and oxygen atoms in total. The molecule has 3 N–H and O–H groups in total. The van der Waals surface area contributed by atoms with E-state index in [9.17, 15) is 8.42 Å². The Morgan fingerprint density at radius 3 is 2.59 bits per heavy atom. The van der Waals surface area contributed by atoms with Crippen molar-refractivity contribution >= 4 is 16.0 Å². The van der Waals surface area contributed by atoms with E-state index in [1.54, 1.807) is 7.05 Å². The van der Waals surface area contributed by atoms with E-state index < -0.39 is 10.0 Å². The molecule has 1 saturated carbocycles. The van der Waals surface area contributed by atoms with Crippen LogP contribution in [0.5, 0.6) is 0 Å². The fraction of sp³-hybridized carbons (Fsp3) is 0.667. The van der Waals surface area contributed by atoms with Crippen LogP contribution in [0.25, 0.3) is 0 Å². The van der Waals surface area contributed by atoms with Crippen LogP contribution in [0.2, 0.25) is 0 Å². The molecule has 0 aromatic heterocycles. The van der Waals surface area contributed by atoms with Crippen molar-refractivity contribution in [1.29, 1.82) is 0 Å². The molecule has 0 bridgehead atoms. The zero-order valence-electron chi connectivity index (χ0n) is 17.3. The maximum atomic E-state index is 12.2. The number of rotatable bonds is 9. The SMILES string of the molecule is CN=C(NCCS(=O)(=O)NCC1CCCCO1)NCC1(c2ccccc2)CCC1. The van der Waals surface area contributed by atoms with E-state index in [1.165, 1.54) is 12.0 Å². The van der Waals surface area contributed by atoms with Crippen LogP contribution in [-0.4, -0.2) is 59.5 Å². The van der Waals surface area contributed by atoms with E-state index in [0.717, 1.165) is 45.3 Å². The number of hydrogen-bond acceptors (Lipinski definition) is 4. The van der Waals surface area contributed by atoms with Crippen LogP contribution in [0.1, 0.15) is 44.1 Å². The summed E-state index contributed by atoms with van der Waals surface area (Å²) in [5.74, 6) is 0.641. The van der Waals surface area contributed by atoms with Gasteiger partial charge in [0.05, 0.1) is 11.9 Å². The maximum Gasteiger partial charge on any atom is 0.213 e. The topological polar surface area (TPSA) is 91.8 Å². The molecule has 1 atom stereocenters. The summed E-state index contributed by atoms with van der Waals surface area (Å²) in [5, 5.41) is 6.51. The second-order valence-corrected chi connectivity index (χ2v) is 9.93. The van der Waals surface area contributed by atoms with Gasteiger partial charge in [-0.1, -0.05) is 36.8 Å². The zero-order chi connectivity index (χ0) is 20.6. The summed E-state index contributed by atoms with van der Waals surface area (Å²) < 4.78 is 32.7. The van der Waals surface area contributed by atoms with Crippen molar-refractivity contribution in [1.82, 2.24) is 15.4 Å². The molecule has 2 fully saturated rings. The van der Waals surface area contributed by atoms with Crippen LogP contribution in [0.4, 0.5) is 0 Å². The normalized spacial score (nSPS) is 22.0. The average molecular weight is 423 g/mol. The average Bonchev–Trinajstić information content (AvgIpc) is 2.72. The third kappa shape index (κ3) is 6.42. The largest absolute Gasteiger partial charge is 0.377 e. The van der Waals surface area contributed by atoms with Crippen molar-refractivity contribution < 1.29 is 13.2 Å². The molecule has 0 amide bonds. The van der Waals surface area contributed by atoms with E-state index in [-0.39, 0.29) is 17.3 Å². The minimum Gasteiger partial charge on any atom is -0.377 e. The molecule has 1 aliphatic heterocycles. The molecular weight excluding hydrogens is 388 g/mol. The highest BCUT2D eigenvalue weighted by molar-refractivity contribution is 7.89. The summed E-state index contributed by atoms with van der Waals surface area (Å²) >= 11 is 0. The molecule has 1 saturated heterocycles. The van der Waals surface area contributed by atoms with Crippen molar-refractivity contribution in [3.63, 3.8) is 0 Å². The molecule has 0 radical (unpaired) electrons. The predicted molar refractivity (Wildman–Crippen MR) is 117 cm³/mol. The van der Waals surface area contributed by atoms with E-state index >= 15 is 0 Å². The van der Waals surface area contributed by atoms with Crippen LogP contribution in [0, 0.1) is 0 Å². The van der Waals surface area contributed by atoms with Gasteiger partial charge in [0.1, 0.15) is 0 Å². The Bertz CT molecular complexity index is 757. The summed E-state index contributed by atoms with van der Waals surface area (Å²) in [6, 6.07) is 10.6. The minimum atomic E-state index is -3.34. The lowest BCUT2D eigenvalue weighted by Gasteiger charge is -2.43. The molecule has 1 aromatic rings. The van der Waals surface area contributed by atoms with E-state index in [0.29, 0.717) is 19.0 Å². The molecular formula is C21H34N4O3S. The second kappa shape index (κ2) is 10.4. The first-order valence-electron chi connectivity index (χ1n) is 10.6. The van der Waals surface area contributed by atoms with Gasteiger partial charge in [0.2, 0.25) is 10.0 Å². The maximum absolute atomic E-state index is 12.2. The van der Waals surface area contributed by atoms with Gasteiger partial charge in [-0.3, -0.25) is 4.99 Å². The number of nitrogens with one attached hydrogen (secondary N) is 3. The lowest BCUT2D eigenvalue weighted by atomic mass is 9.64. The summed E-state index contributed by atoms with van der Waals surface area (Å²) in [7, 11) is -1.63. The van der Waals surface area contributed by atoms with E-state index in [2.05, 4.69) is 44.6 Å². The molecule has 1 heterocycles. The minimum absolute atomic E-state index is 0.00225. The van der Waals surface area contributed by atoms with Gasteiger partial charge in [-0.25, -0.2) is 13.1 Å². The lowest BCUT2D eigenvalue weighted by molar-refractivity contribution is 0.0200. The molecule has 1 aliphatic carbocycles. The fourth-order valence-corrected chi connectivity index (χ4v) is 4.96. The Hall–Kier alpha value is -1.64. The Labute approximate surface area is 174 Å². The van der Waals surface area contributed by atoms with Gasteiger partial charge in [0, 0.05) is 38.7 Å². The number of sulfonamides is 1. The van der Waals surface area contributed by atoms with Gasteiger partial charge in [-0.2, -0.15) is 0 Å². The van der Waals surface area contributed by atoms with Crippen molar-refractivity contribution in [2.45, 2.75) is 50.0 Å². The Morgan fingerprint density at radius 1 is 1.17 bits per heavy atom. The number of ether oxygens (including phenoxy) is 1. The highest BCUT2D eigenvalue weighted by atomic mass is 32.2. The molecule has 8 heteroatoms. The van der Waals surface area contributed by atoms with Crippen LogP contribution in [-0.2, 0) is 20.2 Å². The van der Waals surface area contributed by atoms with E-state index in [1.807, 2.05) is 6.07 Å². The zero-order valence-corrected chi connectivity index (χ0v) is 18.1. The van der Waals surface area contributed by atoms with Crippen LogP contribution in [0.3, 0.4) is 0 Å². The predicted octanol–water partition coefficient (Wildman–Crippen LogP) is 1.76. The summed E-state index contributed by atoms with van der Waals surface area (Å²) in [4.78, 5) is 4.24. The molecule has 162 valence electrons. The number of benzene rings is 1. The van der Waals surface area contributed by atoms with Crippen molar-refractivity contribution in [2.24, 2.45) is 4.99 Å². The number of aliphatic imine (C=N–C) groups is 1. The fourth-order valence-electron chi connectivity index (χ4n) is 4.00. The first-order valence-corrected chi connectivity index (χ1v) is 12.3. The van der Waals surface area contributed by atoms with Gasteiger partial charge in [-0.15, -0.1) is 0 Å². The van der Waals surface area contributed by atoms with Crippen molar-refractivity contribution in [2.75, 3.05) is 39.0 Å². The smallest absolute Gasteiger partial charge is 0.213 e. The highest BCUT2D eigenvalue weighted by Crippen LogP contribution is 2.43. The standard InChI is InChI=1S/C21H34N4O3S/c1-22-20(24-17-21(11-7-12-21)18-8-3-2-4-9-18)23-13-15-29(26,27)25-16-19-10-5-6-14-28-19/h2-4,8-9,19,25H,5-7,10-17H2,1H3,(H2,22,23,24). The molecule has 3 rings (SSSR count). The quantitative estimate of drug-likeness (QED) is 0.417. The van der Waals surface area contributed by atoms with E-state index in [4.69, 9.17) is 4.74 Å². The third-order valence-corrected chi connectivity index (χ3v) is 7.33. The van der Waals surface area contributed by atoms with Gasteiger partial charge >= 0.3 is 0 Å². The third-order valence-electron chi connectivity index (χ3n) is 5.98. The van der Waals surface area contributed by atoms with Gasteiger partial charge in [-0.05, 0) is 37.7 Å². The first kappa shape index (κ1) is 22.1. The Balaban J connectivity index is 1.41. The summed E-state index contributed by atoms with van der Waals surface area (Å²) in [6.45, 7) is 2.18. The number of nitrogens with zero attached hydrogens (tertiary/aromatic N) is 1. The van der Waals surface area contributed by atoms with Crippen LogP contribution < -0.4 is 15.4 Å². The summed E-state index contributed by atoms with van der Waals surface area (Å²) in [6.07, 6.45) is 6.62. The van der Waals surface area contributed by atoms with Crippen molar-refractivity contribution in [3.8, 4) is 0 Å². The Kier molecular flexibility index (Phi) is 7.91. The van der Waals surface area contributed by atoms with Gasteiger partial charge < -0.3 is 15.4 Å². The Morgan fingerprint density at radius 2 is 1.97 bits per heavy atom. The van der Waals surface area contributed by atoms with Gasteiger partial charge in [0.25, 0.3) is 0 Å². The van der Waals surface area contributed by atoms with Gasteiger partial charge in [0.15, 0.2) is 5.96 Å². The van der Waals surface area contributed by atoms with Crippen LogP contribution in [0.15, 0.2) is 35.3 Å². The van der Waals surface area contributed by atoms with Crippen molar-refractivity contribution in [3.05, 3.63) is 35.9 Å². The molecule has 0 spiro atoms. The summed E-state index contributed by atoms with van der Waals surface area (Å²) in [5.41, 5.74) is 1.50. The highest BCUT2D eigenvalue weighted by Gasteiger charge is 2.38. The van der Waals surface area contributed by atoms with Crippen LogP contribution >= 0.6 is 0 Å². The molecule has 2 aliphatic rings. The monoisotopic (exact) mass is 422 g/mol. The molecule has 29 heavy (non-hydrogen) atoms. The molecule has 1 aromatic carbocycles. The first-order chi connectivity index (χ1) is 14.0.